The van der Waals surface area contributed by atoms with E-state index in [9.17, 15) is 0 Å². The molecule has 2 aliphatic rings. The zero-order chi connectivity index (χ0) is 31.7. The summed E-state index contributed by atoms with van der Waals surface area (Å²) in [5, 5.41) is 0. The molecule has 0 spiro atoms. The van der Waals surface area contributed by atoms with Gasteiger partial charge in [0.15, 0.2) is 0 Å². The Morgan fingerprint density at radius 3 is 0.632 bits per heavy atom. The molecule has 2 aliphatic carbocycles. The average Bonchev–Trinajstić information content (AvgIpc) is 2.90. The van der Waals surface area contributed by atoms with Gasteiger partial charge in [-0.1, -0.05) is 164 Å². The third kappa shape index (κ3) is 38.1. The molecule has 2 fully saturated rings. The van der Waals surface area contributed by atoms with Crippen LogP contribution in [0.3, 0.4) is 0 Å². The molecule has 0 heterocycles. The fourth-order valence-electron chi connectivity index (χ4n) is 5.63. The predicted molar refractivity (Wildman–Crippen MR) is 188 cm³/mol. The summed E-state index contributed by atoms with van der Waals surface area (Å²) >= 11 is 0. The lowest BCUT2D eigenvalue weighted by atomic mass is 9.69. The first kappa shape index (κ1) is 50.8. The van der Waals surface area contributed by atoms with Gasteiger partial charge in [-0.05, 0) is 85.9 Å². The first-order chi connectivity index (χ1) is 18.2. The van der Waals surface area contributed by atoms with Gasteiger partial charge in [-0.25, -0.2) is 0 Å². The van der Waals surface area contributed by atoms with Crippen LogP contribution in [-0.2, 0) is 0 Å². The molecule has 0 aromatic carbocycles. The summed E-state index contributed by atoms with van der Waals surface area (Å²) in [6.45, 7) is 42.8. The zero-order valence-electron chi connectivity index (χ0n) is 31.7. The minimum absolute atomic E-state index is 0.904. The summed E-state index contributed by atoms with van der Waals surface area (Å²) in [6.07, 6.45) is 15.0. The van der Waals surface area contributed by atoms with E-state index in [4.69, 9.17) is 0 Å². The minimum Gasteiger partial charge on any atom is -0.0683 e. The van der Waals surface area contributed by atoms with E-state index in [-0.39, 0.29) is 0 Å². The Morgan fingerprint density at radius 2 is 0.474 bits per heavy atom. The molecule has 2 saturated carbocycles. The Labute approximate surface area is 249 Å². The minimum atomic E-state index is 0.904. The quantitative estimate of drug-likeness (QED) is 0.285. The second-order valence-corrected chi connectivity index (χ2v) is 11.6. The molecule has 0 radical (unpaired) electrons. The van der Waals surface area contributed by atoms with Crippen LogP contribution in [0.15, 0.2) is 0 Å². The molecule has 0 nitrogen and oxygen atoms in total. The second-order valence-electron chi connectivity index (χ2n) is 11.6. The SMILES string of the molecule is CC.CC.CC.CC.CC.CC.CC(C)CC1CC(CC(C)C)C1.CC(C)CC1CCC(CC(C)C)CC1. The van der Waals surface area contributed by atoms with Gasteiger partial charge in [-0.15, -0.1) is 0 Å². The maximum absolute atomic E-state index is 2.36. The van der Waals surface area contributed by atoms with E-state index in [1.165, 1.54) is 64.2 Å². The van der Waals surface area contributed by atoms with Gasteiger partial charge in [0.25, 0.3) is 0 Å². The Balaban J connectivity index is -0.0000000969. The highest BCUT2D eigenvalue weighted by Crippen LogP contribution is 2.41. The number of hydrogen-bond acceptors (Lipinski definition) is 0. The summed E-state index contributed by atoms with van der Waals surface area (Å²) in [5.74, 6) is 7.90. The van der Waals surface area contributed by atoms with Gasteiger partial charge < -0.3 is 0 Å². The third-order valence-electron chi connectivity index (χ3n) is 6.52. The Kier molecular flexibility index (Phi) is 55.5. The van der Waals surface area contributed by atoms with Gasteiger partial charge in [0.2, 0.25) is 0 Å². The lowest BCUT2D eigenvalue weighted by Crippen LogP contribution is -2.25. The van der Waals surface area contributed by atoms with Crippen molar-refractivity contribution in [2.45, 2.75) is 203 Å². The Bertz CT molecular complexity index is 292. The van der Waals surface area contributed by atoms with Crippen molar-refractivity contribution in [1.29, 1.82) is 0 Å². The van der Waals surface area contributed by atoms with Crippen molar-refractivity contribution in [3.63, 3.8) is 0 Å². The molecule has 0 saturated heterocycles. The van der Waals surface area contributed by atoms with Crippen molar-refractivity contribution in [2.24, 2.45) is 47.3 Å². The second kappa shape index (κ2) is 41.5. The van der Waals surface area contributed by atoms with Gasteiger partial charge >= 0.3 is 0 Å². The molecular weight excluding hydrogens is 456 g/mol. The monoisotopic (exact) mass is 545 g/mol. The molecule has 0 atom stereocenters. The zero-order valence-corrected chi connectivity index (χ0v) is 31.7. The Hall–Kier alpha value is 0. The lowest BCUT2D eigenvalue weighted by molar-refractivity contribution is 0.142. The fraction of sp³-hybridized carbons (Fsp3) is 1.00. The summed E-state index contributed by atoms with van der Waals surface area (Å²) in [5.41, 5.74) is 0. The molecular formula is C38H88. The summed E-state index contributed by atoms with van der Waals surface area (Å²) in [6, 6.07) is 0. The predicted octanol–water partition coefficient (Wildman–Crippen LogP) is 15.1. The van der Waals surface area contributed by atoms with Crippen LogP contribution in [0.1, 0.15) is 203 Å². The summed E-state index contributed by atoms with van der Waals surface area (Å²) in [4.78, 5) is 0. The highest BCUT2D eigenvalue weighted by atomic mass is 14.3. The van der Waals surface area contributed by atoms with Crippen molar-refractivity contribution >= 4 is 0 Å². The van der Waals surface area contributed by atoms with Gasteiger partial charge in [-0.2, -0.15) is 0 Å². The van der Waals surface area contributed by atoms with Crippen molar-refractivity contribution in [1.82, 2.24) is 0 Å². The molecule has 0 unspecified atom stereocenters. The van der Waals surface area contributed by atoms with Crippen LogP contribution in [0.2, 0.25) is 0 Å². The van der Waals surface area contributed by atoms with E-state index in [0.717, 1.165) is 47.3 Å². The van der Waals surface area contributed by atoms with Crippen LogP contribution >= 0.6 is 0 Å². The first-order valence-corrected chi connectivity index (χ1v) is 18.2. The fourth-order valence-corrected chi connectivity index (χ4v) is 5.63. The third-order valence-corrected chi connectivity index (χ3v) is 6.52. The average molecular weight is 545 g/mol. The summed E-state index contributed by atoms with van der Waals surface area (Å²) < 4.78 is 0. The molecule has 0 amide bonds. The number of hydrogen-bond donors (Lipinski definition) is 0. The molecule has 0 aromatic rings. The van der Waals surface area contributed by atoms with Crippen molar-refractivity contribution in [2.75, 3.05) is 0 Å². The standard InChI is InChI=1S/C14H28.C12H24.6C2H6/c1-11(2)9-13-5-7-14(8-6-13)10-12(3)4;1-9(2)5-11-7-12(8-11)6-10(3)4;6*1-2/h11-14H,5-10H2,1-4H3;9-12H,5-8H2,1-4H3;6*1-2H3. The molecule has 0 aromatic heterocycles. The van der Waals surface area contributed by atoms with Crippen LogP contribution in [0.5, 0.6) is 0 Å². The first-order valence-electron chi connectivity index (χ1n) is 18.2. The molecule has 38 heavy (non-hydrogen) atoms. The van der Waals surface area contributed by atoms with E-state index >= 15 is 0 Å². The van der Waals surface area contributed by atoms with Crippen molar-refractivity contribution < 1.29 is 0 Å². The van der Waals surface area contributed by atoms with E-state index in [2.05, 4.69) is 55.4 Å². The molecule has 0 N–H and O–H groups in total. The van der Waals surface area contributed by atoms with Crippen molar-refractivity contribution in [3.8, 4) is 0 Å². The molecule has 240 valence electrons. The summed E-state index contributed by atoms with van der Waals surface area (Å²) in [7, 11) is 0. The van der Waals surface area contributed by atoms with Gasteiger partial charge in [0, 0.05) is 0 Å². The van der Waals surface area contributed by atoms with Gasteiger partial charge in [0.05, 0.1) is 0 Å². The van der Waals surface area contributed by atoms with Crippen LogP contribution in [0, 0.1) is 47.3 Å². The molecule has 2 rings (SSSR count). The van der Waals surface area contributed by atoms with Crippen LogP contribution in [0.4, 0.5) is 0 Å². The molecule has 0 aliphatic heterocycles. The lowest BCUT2D eigenvalue weighted by Gasteiger charge is -2.37. The smallest absolute Gasteiger partial charge is 0.0407 e. The topological polar surface area (TPSA) is 0 Å². The van der Waals surface area contributed by atoms with Gasteiger partial charge in [-0.3, -0.25) is 0 Å². The van der Waals surface area contributed by atoms with Crippen LogP contribution < -0.4 is 0 Å². The molecule has 0 heteroatoms. The van der Waals surface area contributed by atoms with Crippen LogP contribution in [-0.4, -0.2) is 0 Å². The number of rotatable bonds is 8. The maximum Gasteiger partial charge on any atom is -0.0407 e. The van der Waals surface area contributed by atoms with Gasteiger partial charge in [0.1, 0.15) is 0 Å². The van der Waals surface area contributed by atoms with Crippen LogP contribution in [0.25, 0.3) is 0 Å². The normalized spacial score (nSPS) is 20.8. The largest absolute Gasteiger partial charge is 0.0683 e. The van der Waals surface area contributed by atoms with E-state index in [1.807, 2.05) is 83.1 Å². The highest BCUT2D eigenvalue weighted by Gasteiger charge is 2.29. The van der Waals surface area contributed by atoms with E-state index in [0.29, 0.717) is 0 Å². The maximum atomic E-state index is 2.36. The van der Waals surface area contributed by atoms with Crippen molar-refractivity contribution in [3.05, 3.63) is 0 Å². The Morgan fingerprint density at radius 1 is 0.316 bits per heavy atom. The van der Waals surface area contributed by atoms with E-state index in [1.54, 1.807) is 0 Å². The van der Waals surface area contributed by atoms with E-state index < -0.39 is 0 Å². The molecule has 0 bridgehead atoms. The highest BCUT2D eigenvalue weighted by molar-refractivity contribution is 4.80.